The summed E-state index contributed by atoms with van der Waals surface area (Å²) < 4.78 is 8.34. The largest absolute Gasteiger partial charge is 0.487 e. The van der Waals surface area contributed by atoms with Crippen LogP contribution in [0.5, 0.6) is 5.75 Å². The van der Waals surface area contributed by atoms with E-state index in [0.29, 0.717) is 31.1 Å². The first-order chi connectivity index (χ1) is 21.1. The van der Waals surface area contributed by atoms with Crippen LogP contribution in [0, 0.1) is 5.92 Å². The Morgan fingerprint density at radius 1 is 0.860 bits per heavy atom. The van der Waals surface area contributed by atoms with Crippen molar-refractivity contribution in [2.24, 2.45) is 5.92 Å². The number of hydrogen-bond donors (Lipinski definition) is 1. The highest BCUT2D eigenvalue weighted by atomic mass is 16.5. The van der Waals surface area contributed by atoms with Gasteiger partial charge in [-0.2, -0.15) is 0 Å². The Balaban J connectivity index is 1.20. The molecule has 214 valence electrons. The molecule has 8 nitrogen and oxygen atoms in total. The fraction of sp³-hybridized carbons (Fsp3) is 0.229. The number of hydrogen-bond acceptors (Lipinski definition) is 6. The molecular weight excluding hydrogens is 538 g/mol. The monoisotopic (exact) mass is 569 g/mol. The quantitative estimate of drug-likeness (QED) is 0.210. The van der Waals surface area contributed by atoms with Gasteiger partial charge in [0.25, 0.3) is 0 Å². The summed E-state index contributed by atoms with van der Waals surface area (Å²) in [6.07, 6.45) is 6.87. The fourth-order valence-electron chi connectivity index (χ4n) is 6.14. The third-order valence-electron chi connectivity index (χ3n) is 8.33. The van der Waals surface area contributed by atoms with Crippen LogP contribution in [0.2, 0.25) is 0 Å². The fourth-order valence-corrected chi connectivity index (χ4v) is 6.14. The van der Waals surface area contributed by atoms with Crippen molar-refractivity contribution < 1.29 is 14.6 Å². The van der Waals surface area contributed by atoms with Gasteiger partial charge in [0.05, 0.1) is 28.2 Å². The molecule has 1 saturated carbocycles. The summed E-state index contributed by atoms with van der Waals surface area (Å²) in [5, 5.41) is 11.2. The molecule has 0 radical (unpaired) electrons. The average Bonchev–Trinajstić information content (AvgIpc) is 3.41. The van der Waals surface area contributed by atoms with Crippen molar-refractivity contribution in [2.75, 3.05) is 0 Å². The third kappa shape index (κ3) is 5.56. The van der Waals surface area contributed by atoms with Gasteiger partial charge in [-0.25, -0.2) is 19.9 Å². The number of aromatic nitrogens is 5. The second kappa shape index (κ2) is 11.6. The molecule has 7 rings (SSSR count). The van der Waals surface area contributed by atoms with E-state index in [9.17, 15) is 9.90 Å². The Kier molecular flexibility index (Phi) is 7.25. The maximum absolute atomic E-state index is 12.3. The topological polar surface area (TPSA) is 103 Å². The van der Waals surface area contributed by atoms with E-state index in [1.165, 1.54) is 0 Å². The van der Waals surface area contributed by atoms with Gasteiger partial charge in [0, 0.05) is 41.9 Å². The molecule has 1 aliphatic rings. The van der Waals surface area contributed by atoms with Crippen LogP contribution in [0.15, 0.2) is 97.3 Å². The molecule has 43 heavy (non-hydrogen) atoms. The van der Waals surface area contributed by atoms with Crippen molar-refractivity contribution in [3.8, 4) is 17.1 Å². The Labute approximate surface area is 249 Å². The van der Waals surface area contributed by atoms with Crippen LogP contribution in [-0.2, 0) is 17.9 Å². The van der Waals surface area contributed by atoms with Crippen molar-refractivity contribution in [1.29, 1.82) is 0 Å². The highest BCUT2D eigenvalue weighted by molar-refractivity contribution is 5.79. The van der Waals surface area contributed by atoms with Crippen LogP contribution in [0.3, 0.4) is 0 Å². The van der Waals surface area contributed by atoms with Crippen LogP contribution in [0.25, 0.3) is 33.3 Å². The van der Waals surface area contributed by atoms with Crippen LogP contribution < -0.4 is 4.74 Å². The lowest BCUT2D eigenvalue weighted by molar-refractivity contribution is -0.143. The van der Waals surface area contributed by atoms with Crippen LogP contribution in [0.1, 0.15) is 48.7 Å². The molecular formula is C35H31N5O3. The molecule has 3 aromatic heterocycles. The molecule has 0 amide bonds. The predicted molar refractivity (Wildman–Crippen MR) is 165 cm³/mol. The van der Waals surface area contributed by atoms with E-state index in [0.717, 1.165) is 63.8 Å². The molecule has 3 heterocycles. The molecule has 6 aromatic rings. The van der Waals surface area contributed by atoms with Crippen LogP contribution in [-0.4, -0.2) is 35.6 Å². The zero-order valence-corrected chi connectivity index (χ0v) is 23.6. The van der Waals surface area contributed by atoms with E-state index in [2.05, 4.69) is 32.7 Å². The van der Waals surface area contributed by atoms with Gasteiger partial charge in [-0.1, -0.05) is 61.4 Å². The molecule has 8 heteroatoms. The molecule has 0 bridgehead atoms. The average molecular weight is 570 g/mol. The summed E-state index contributed by atoms with van der Waals surface area (Å²) in [6.45, 7) is 0.914. The lowest BCUT2D eigenvalue weighted by atomic mass is 9.78. The van der Waals surface area contributed by atoms with Gasteiger partial charge in [0.15, 0.2) is 5.82 Å². The van der Waals surface area contributed by atoms with E-state index < -0.39 is 11.9 Å². The van der Waals surface area contributed by atoms with Crippen LogP contribution >= 0.6 is 0 Å². The van der Waals surface area contributed by atoms with Crippen molar-refractivity contribution in [3.05, 3.63) is 114 Å². The van der Waals surface area contributed by atoms with Gasteiger partial charge in [0.1, 0.15) is 18.2 Å². The number of fused-ring (bicyclic) bond motifs is 2. The molecule has 1 aliphatic carbocycles. The number of benzene rings is 3. The van der Waals surface area contributed by atoms with Gasteiger partial charge in [-0.05, 0) is 48.7 Å². The number of para-hydroxylation sites is 1. The molecule has 1 N–H and O–H groups in total. The molecule has 3 aromatic carbocycles. The van der Waals surface area contributed by atoms with Crippen molar-refractivity contribution in [1.82, 2.24) is 24.5 Å². The molecule has 2 atom stereocenters. The standard InChI is InChI=1S/C35H31N5O3/c41-35(42)29-8-3-2-7-28(29)34-39-31-20-27(43-22-26-15-14-24-6-1-4-9-30(24)38-26)16-17-32(31)40(34)21-23-10-12-25(13-11-23)33-36-18-5-19-37-33/h1,4-6,9-20,28-29H,2-3,7-8,21-22H2,(H,41,42)/t28-,29?/m1/s1. The number of nitrogens with zero attached hydrogens (tertiary/aromatic N) is 5. The number of carbonyl (C=O) groups is 1. The minimum Gasteiger partial charge on any atom is -0.487 e. The third-order valence-corrected chi connectivity index (χ3v) is 8.33. The lowest BCUT2D eigenvalue weighted by Gasteiger charge is -2.28. The smallest absolute Gasteiger partial charge is 0.307 e. The van der Waals surface area contributed by atoms with Gasteiger partial charge in [-0.3, -0.25) is 4.79 Å². The van der Waals surface area contributed by atoms with Crippen molar-refractivity contribution in [2.45, 2.75) is 44.8 Å². The molecule has 0 spiro atoms. The second-order valence-electron chi connectivity index (χ2n) is 11.1. The number of rotatable bonds is 8. The lowest BCUT2D eigenvalue weighted by Crippen LogP contribution is -2.27. The Morgan fingerprint density at radius 2 is 1.67 bits per heavy atom. The summed E-state index contributed by atoms with van der Waals surface area (Å²) in [5.74, 6) is 0.858. The summed E-state index contributed by atoms with van der Waals surface area (Å²) in [6, 6.07) is 28.0. The zero-order valence-electron chi connectivity index (χ0n) is 23.6. The first-order valence-corrected chi connectivity index (χ1v) is 14.7. The van der Waals surface area contributed by atoms with E-state index in [1.54, 1.807) is 18.5 Å². The summed E-state index contributed by atoms with van der Waals surface area (Å²) in [5.41, 5.74) is 5.57. The molecule has 1 unspecified atom stereocenters. The predicted octanol–water partition coefficient (Wildman–Crippen LogP) is 7.03. The number of pyridine rings is 1. The highest BCUT2D eigenvalue weighted by Gasteiger charge is 2.35. The number of imidazole rings is 1. The molecule has 0 saturated heterocycles. The summed E-state index contributed by atoms with van der Waals surface area (Å²) in [7, 11) is 0. The minimum absolute atomic E-state index is 0.151. The number of aliphatic carboxylic acids is 1. The number of carboxylic acid groups (broad SMARTS) is 1. The first kappa shape index (κ1) is 26.8. The Morgan fingerprint density at radius 3 is 2.51 bits per heavy atom. The summed E-state index contributed by atoms with van der Waals surface area (Å²) >= 11 is 0. The van der Waals surface area contributed by atoms with E-state index in [-0.39, 0.29) is 5.92 Å². The SMILES string of the molecule is O=C(O)C1CCCC[C@H]1c1nc2cc(OCc3ccc4ccccc4n3)ccc2n1Cc1ccc(-c2ncccn2)cc1. The van der Waals surface area contributed by atoms with Gasteiger partial charge in [0.2, 0.25) is 0 Å². The van der Waals surface area contributed by atoms with Gasteiger partial charge < -0.3 is 14.4 Å². The van der Waals surface area contributed by atoms with Crippen LogP contribution in [0.4, 0.5) is 0 Å². The summed E-state index contributed by atoms with van der Waals surface area (Å²) in [4.78, 5) is 30.8. The van der Waals surface area contributed by atoms with Gasteiger partial charge >= 0.3 is 5.97 Å². The maximum atomic E-state index is 12.3. The zero-order chi connectivity index (χ0) is 29.2. The van der Waals surface area contributed by atoms with E-state index in [1.807, 2.05) is 60.7 Å². The Hall–Kier alpha value is -5.11. The normalized spacial score (nSPS) is 16.8. The first-order valence-electron chi connectivity index (χ1n) is 14.7. The van der Waals surface area contributed by atoms with Gasteiger partial charge in [-0.15, -0.1) is 0 Å². The van der Waals surface area contributed by atoms with Crippen molar-refractivity contribution >= 4 is 27.9 Å². The highest BCUT2D eigenvalue weighted by Crippen LogP contribution is 2.39. The second-order valence-corrected chi connectivity index (χ2v) is 11.1. The van der Waals surface area contributed by atoms with E-state index >= 15 is 0 Å². The number of ether oxygens (including phenoxy) is 1. The van der Waals surface area contributed by atoms with E-state index in [4.69, 9.17) is 14.7 Å². The minimum atomic E-state index is -0.748. The van der Waals surface area contributed by atoms with Crippen molar-refractivity contribution in [3.63, 3.8) is 0 Å². The maximum Gasteiger partial charge on any atom is 0.307 e. The molecule has 0 aliphatic heterocycles. The number of carboxylic acids is 1. The Bertz CT molecular complexity index is 1900. The molecule has 1 fully saturated rings.